The average Bonchev–Trinajstić information content (AvgIpc) is 3.01. The molecule has 3 atom stereocenters. The van der Waals surface area contributed by atoms with Gasteiger partial charge in [-0.05, 0) is 24.5 Å². The van der Waals surface area contributed by atoms with Crippen molar-refractivity contribution in [3.05, 3.63) is 36.0 Å². The van der Waals surface area contributed by atoms with Crippen LogP contribution in [0.15, 0.2) is 30.5 Å². The van der Waals surface area contributed by atoms with Crippen molar-refractivity contribution in [3.8, 4) is 0 Å². The van der Waals surface area contributed by atoms with Crippen molar-refractivity contribution >= 4 is 16.8 Å². The number of carbonyl (C=O) groups is 1. The lowest BCUT2D eigenvalue weighted by molar-refractivity contribution is -0.125. The van der Waals surface area contributed by atoms with E-state index in [9.17, 15) is 14.3 Å². The highest BCUT2D eigenvalue weighted by atomic mass is 19.1. The Hall–Kier alpha value is -1.88. The third-order valence-corrected chi connectivity index (χ3v) is 3.95. The Balaban J connectivity index is 1.63. The van der Waals surface area contributed by atoms with Crippen molar-refractivity contribution in [2.75, 3.05) is 0 Å². The average molecular weight is 276 g/mol. The molecule has 0 saturated heterocycles. The third kappa shape index (κ3) is 2.41. The van der Waals surface area contributed by atoms with Gasteiger partial charge in [-0.1, -0.05) is 18.2 Å². The molecular formula is C15H17FN2O2. The molecule has 0 aliphatic heterocycles. The van der Waals surface area contributed by atoms with Gasteiger partial charge in [0, 0.05) is 29.6 Å². The van der Waals surface area contributed by atoms with Gasteiger partial charge in [0.25, 0.3) is 0 Å². The zero-order valence-corrected chi connectivity index (χ0v) is 11.0. The van der Waals surface area contributed by atoms with Crippen LogP contribution < -0.4 is 5.32 Å². The quantitative estimate of drug-likeness (QED) is 0.801. The first-order valence-electron chi connectivity index (χ1n) is 6.80. The number of amides is 1. The van der Waals surface area contributed by atoms with E-state index in [1.165, 1.54) is 0 Å². The van der Waals surface area contributed by atoms with Crippen molar-refractivity contribution < 1.29 is 14.3 Å². The molecule has 1 aliphatic carbocycles. The monoisotopic (exact) mass is 276 g/mol. The van der Waals surface area contributed by atoms with E-state index in [-0.39, 0.29) is 18.7 Å². The van der Waals surface area contributed by atoms with Crippen LogP contribution in [0, 0.1) is 5.92 Å². The molecule has 1 unspecified atom stereocenters. The molecule has 0 spiro atoms. The minimum Gasteiger partial charge on any atom is -0.390 e. The lowest BCUT2D eigenvalue weighted by Crippen LogP contribution is -2.29. The summed E-state index contributed by atoms with van der Waals surface area (Å²) in [6.07, 6.45) is -0.0913. The van der Waals surface area contributed by atoms with E-state index in [0.29, 0.717) is 6.54 Å². The molecule has 20 heavy (non-hydrogen) atoms. The molecule has 3 N–H and O–H groups in total. The number of alkyl halides is 1. The number of hydrogen-bond donors (Lipinski definition) is 3. The Morgan fingerprint density at radius 3 is 2.95 bits per heavy atom. The molecule has 1 aliphatic rings. The van der Waals surface area contributed by atoms with Crippen molar-refractivity contribution in [1.82, 2.24) is 10.3 Å². The first-order valence-corrected chi connectivity index (χ1v) is 6.80. The highest BCUT2D eigenvalue weighted by molar-refractivity contribution is 5.84. The maximum Gasteiger partial charge on any atom is 0.223 e. The molecule has 1 saturated carbocycles. The second-order valence-corrected chi connectivity index (χ2v) is 5.33. The number of aliphatic hydroxyl groups excluding tert-OH is 1. The molecule has 1 heterocycles. The Morgan fingerprint density at radius 1 is 1.40 bits per heavy atom. The van der Waals surface area contributed by atoms with Gasteiger partial charge in [-0.25, -0.2) is 4.39 Å². The largest absolute Gasteiger partial charge is 0.390 e. The maximum absolute atomic E-state index is 13.2. The maximum atomic E-state index is 13.2. The minimum absolute atomic E-state index is 0.112. The summed E-state index contributed by atoms with van der Waals surface area (Å²) in [5, 5.41) is 13.2. The van der Waals surface area contributed by atoms with Gasteiger partial charge < -0.3 is 15.4 Å². The van der Waals surface area contributed by atoms with E-state index in [1.54, 1.807) is 0 Å². The molecule has 5 heteroatoms. The zero-order chi connectivity index (χ0) is 14.1. The standard InChI is InChI=1S/C15H17FN2O2/c16-12-5-9(6-14(12)19)15(20)18-8-10-7-17-13-4-2-1-3-11(10)13/h1-4,7,9,12,14,17,19H,5-6,8H2,(H,18,20)/t9?,12-,14-/m1/s1. The fourth-order valence-corrected chi connectivity index (χ4v) is 2.78. The number of halogens is 1. The summed E-state index contributed by atoms with van der Waals surface area (Å²) in [6.45, 7) is 0.409. The van der Waals surface area contributed by atoms with Crippen LogP contribution in [0.25, 0.3) is 10.9 Å². The van der Waals surface area contributed by atoms with Gasteiger partial charge in [-0.2, -0.15) is 0 Å². The zero-order valence-electron chi connectivity index (χ0n) is 11.0. The van der Waals surface area contributed by atoms with Crippen molar-refractivity contribution in [2.24, 2.45) is 5.92 Å². The van der Waals surface area contributed by atoms with Crippen LogP contribution >= 0.6 is 0 Å². The number of carbonyl (C=O) groups excluding carboxylic acids is 1. The third-order valence-electron chi connectivity index (χ3n) is 3.95. The van der Waals surface area contributed by atoms with Gasteiger partial charge in [0.15, 0.2) is 0 Å². The first kappa shape index (κ1) is 13.1. The number of fused-ring (bicyclic) bond motifs is 1. The summed E-state index contributed by atoms with van der Waals surface area (Å²) in [5.41, 5.74) is 2.03. The summed E-state index contributed by atoms with van der Waals surface area (Å²) < 4.78 is 13.2. The number of benzene rings is 1. The van der Waals surface area contributed by atoms with Gasteiger partial charge in [0.05, 0.1) is 6.10 Å². The van der Waals surface area contributed by atoms with E-state index in [0.717, 1.165) is 16.5 Å². The number of H-pyrrole nitrogens is 1. The lowest BCUT2D eigenvalue weighted by Gasteiger charge is -2.09. The van der Waals surface area contributed by atoms with E-state index in [1.807, 2.05) is 30.5 Å². The molecule has 0 bridgehead atoms. The number of nitrogens with one attached hydrogen (secondary N) is 2. The normalized spacial score (nSPS) is 26.0. The van der Waals surface area contributed by atoms with Crippen molar-refractivity contribution in [1.29, 1.82) is 0 Å². The Morgan fingerprint density at radius 2 is 2.20 bits per heavy atom. The fraction of sp³-hybridized carbons (Fsp3) is 0.400. The summed E-state index contributed by atoms with van der Waals surface area (Å²) >= 11 is 0. The highest BCUT2D eigenvalue weighted by Gasteiger charge is 2.36. The number of aliphatic hydroxyl groups is 1. The van der Waals surface area contributed by atoms with Crippen LogP contribution in [0.4, 0.5) is 4.39 Å². The molecule has 1 aromatic carbocycles. The van der Waals surface area contributed by atoms with Crippen LogP contribution in [0.3, 0.4) is 0 Å². The van der Waals surface area contributed by atoms with E-state index < -0.39 is 18.2 Å². The number of aromatic amines is 1. The second-order valence-electron chi connectivity index (χ2n) is 5.33. The SMILES string of the molecule is O=C(NCc1c[nH]c2ccccc12)C1C[C@@H](O)[C@H](F)C1. The summed E-state index contributed by atoms with van der Waals surface area (Å²) in [6, 6.07) is 7.86. The van der Waals surface area contributed by atoms with Crippen LogP contribution in [0.5, 0.6) is 0 Å². The van der Waals surface area contributed by atoms with Crippen LogP contribution in [-0.4, -0.2) is 28.3 Å². The van der Waals surface area contributed by atoms with E-state index >= 15 is 0 Å². The number of aromatic nitrogens is 1. The van der Waals surface area contributed by atoms with E-state index in [4.69, 9.17) is 0 Å². The van der Waals surface area contributed by atoms with Gasteiger partial charge in [0.2, 0.25) is 5.91 Å². The Bertz CT molecular complexity index is 615. The predicted octanol–water partition coefficient (Wildman–Crippen LogP) is 1.89. The fourth-order valence-electron chi connectivity index (χ4n) is 2.78. The minimum atomic E-state index is -1.28. The van der Waals surface area contributed by atoms with Crippen molar-refractivity contribution in [3.63, 3.8) is 0 Å². The molecule has 1 fully saturated rings. The molecule has 1 aromatic heterocycles. The van der Waals surface area contributed by atoms with Crippen molar-refractivity contribution in [2.45, 2.75) is 31.7 Å². The summed E-state index contributed by atoms with van der Waals surface area (Å²) in [7, 11) is 0. The number of para-hydroxylation sites is 1. The van der Waals surface area contributed by atoms with Gasteiger partial charge in [0.1, 0.15) is 6.17 Å². The number of rotatable bonds is 3. The molecule has 4 nitrogen and oxygen atoms in total. The smallest absolute Gasteiger partial charge is 0.223 e. The molecule has 2 aromatic rings. The van der Waals surface area contributed by atoms with Crippen LogP contribution in [0.2, 0.25) is 0 Å². The van der Waals surface area contributed by atoms with Crippen LogP contribution in [-0.2, 0) is 11.3 Å². The van der Waals surface area contributed by atoms with Gasteiger partial charge in [-0.3, -0.25) is 4.79 Å². The van der Waals surface area contributed by atoms with E-state index in [2.05, 4.69) is 10.3 Å². The molecule has 3 rings (SSSR count). The highest BCUT2D eigenvalue weighted by Crippen LogP contribution is 2.28. The first-order chi connectivity index (χ1) is 9.65. The molecule has 106 valence electrons. The van der Waals surface area contributed by atoms with Gasteiger partial charge in [-0.15, -0.1) is 0 Å². The topological polar surface area (TPSA) is 65.1 Å². The summed E-state index contributed by atoms with van der Waals surface area (Å²) in [4.78, 5) is 15.1. The molecule has 0 radical (unpaired) electrons. The Labute approximate surface area is 116 Å². The van der Waals surface area contributed by atoms with Crippen LogP contribution in [0.1, 0.15) is 18.4 Å². The molecule has 1 amide bonds. The van der Waals surface area contributed by atoms with Gasteiger partial charge >= 0.3 is 0 Å². The predicted molar refractivity (Wildman–Crippen MR) is 73.8 cm³/mol. The molecular weight excluding hydrogens is 259 g/mol. The lowest BCUT2D eigenvalue weighted by atomic mass is 10.1. The Kier molecular flexibility index (Phi) is 3.44. The number of hydrogen-bond acceptors (Lipinski definition) is 2. The second kappa shape index (κ2) is 5.25. The summed E-state index contributed by atoms with van der Waals surface area (Å²) in [5.74, 6) is -0.611.